The third kappa shape index (κ3) is 3.26. The van der Waals surface area contributed by atoms with Crippen LogP contribution in [-0.2, 0) is 6.54 Å². The third-order valence-electron chi connectivity index (χ3n) is 3.56. The maximum Gasteiger partial charge on any atom is 0.253 e. The molecule has 0 unspecified atom stereocenters. The molecule has 6 heteroatoms. The zero-order valence-electron chi connectivity index (χ0n) is 12.9. The van der Waals surface area contributed by atoms with Gasteiger partial charge in [0.25, 0.3) is 5.56 Å². The maximum atomic E-state index is 12.1. The summed E-state index contributed by atoms with van der Waals surface area (Å²) in [7, 11) is 3.18. The van der Waals surface area contributed by atoms with Crippen LogP contribution in [0.15, 0.2) is 47.4 Å². The largest absolute Gasteiger partial charge is 0.497 e. The van der Waals surface area contributed by atoms with Crippen molar-refractivity contribution in [2.75, 3.05) is 19.5 Å². The highest BCUT2D eigenvalue weighted by Gasteiger charge is 2.05. The van der Waals surface area contributed by atoms with Gasteiger partial charge in [-0.3, -0.25) is 4.79 Å². The first-order chi connectivity index (χ1) is 11.2. The van der Waals surface area contributed by atoms with E-state index >= 15 is 0 Å². The molecule has 0 fully saturated rings. The number of ether oxygens (including phenoxy) is 2. The Bertz CT molecular complexity index is 872. The van der Waals surface area contributed by atoms with Gasteiger partial charge in [-0.15, -0.1) is 0 Å². The fourth-order valence-corrected chi connectivity index (χ4v) is 2.29. The number of fused-ring (bicyclic) bond motifs is 1. The molecule has 0 aliphatic rings. The molecule has 3 rings (SSSR count). The van der Waals surface area contributed by atoms with Crippen molar-refractivity contribution in [1.82, 2.24) is 9.97 Å². The number of rotatable bonds is 5. The molecule has 2 N–H and O–H groups in total. The Kier molecular flexibility index (Phi) is 4.14. The molecule has 23 heavy (non-hydrogen) atoms. The Labute approximate surface area is 133 Å². The molecule has 2 aromatic heterocycles. The monoisotopic (exact) mass is 311 g/mol. The number of nitrogens with one attached hydrogen (secondary N) is 2. The topological polar surface area (TPSA) is 76.2 Å². The molecule has 0 saturated heterocycles. The van der Waals surface area contributed by atoms with Gasteiger partial charge in [-0.2, -0.15) is 0 Å². The van der Waals surface area contributed by atoms with Gasteiger partial charge in [0.15, 0.2) is 0 Å². The van der Waals surface area contributed by atoms with Crippen molar-refractivity contribution in [2.24, 2.45) is 0 Å². The standard InChI is InChI=1S/C17H17N3O3/c1-22-14-4-5-15-11(8-14)7-12(17(21)20-15)9-18-13-3-6-16(23-2)19-10-13/h3-8,10,18H,9H2,1-2H3,(H,20,21). The molecule has 118 valence electrons. The number of aromatic amines is 1. The van der Waals surface area contributed by atoms with Gasteiger partial charge in [-0.05, 0) is 30.3 Å². The van der Waals surface area contributed by atoms with Gasteiger partial charge < -0.3 is 19.8 Å². The van der Waals surface area contributed by atoms with E-state index in [0.29, 0.717) is 18.0 Å². The Hall–Kier alpha value is -3.02. The quantitative estimate of drug-likeness (QED) is 0.757. The average molecular weight is 311 g/mol. The van der Waals surface area contributed by atoms with Crippen molar-refractivity contribution < 1.29 is 9.47 Å². The lowest BCUT2D eigenvalue weighted by Crippen LogP contribution is -2.15. The van der Waals surface area contributed by atoms with Gasteiger partial charge in [-0.25, -0.2) is 4.98 Å². The van der Waals surface area contributed by atoms with E-state index in [1.165, 1.54) is 0 Å². The summed E-state index contributed by atoms with van der Waals surface area (Å²) < 4.78 is 10.2. The van der Waals surface area contributed by atoms with Crippen LogP contribution in [0, 0.1) is 0 Å². The van der Waals surface area contributed by atoms with E-state index in [4.69, 9.17) is 9.47 Å². The number of anilines is 1. The zero-order valence-corrected chi connectivity index (χ0v) is 12.9. The molecule has 1 aromatic carbocycles. The van der Waals surface area contributed by atoms with Crippen LogP contribution in [0.1, 0.15) is 5.56 Å². The van der Waals surface area contributed by atoms with Gasteiger partial charge in [-0.1, -0.05) is 0 Å². The molecular formula is C17H17N3O3. The number of methoxy groups -OCH3 is 2. The van der Waals surface area contributed by atoms with E-state index in [1.54, 1.807) is 26.5 Å². The molecule has 0 aliphatic heterocycles. The van der Waals surface area contributed by atoms with E-state index in [9.17, 15) is 4.79 Å². The van der Waals surface area contributed by atoms with Crippen molar-refractivity contribution in [3.05, 3.63) is 58.5 Å². The van der Waals surface area contributed by atoms with Crippen molar-refractivity contribution in [2.45, 2.75) is 6.54 Å². The first-order valence-corrected chi connectivity index (χ1v) is 7.13. The molecule has 6 nitrogen and oxygen atoms in total. The number of hydrogen-bond acceptors (Lipinski definition) is 5. The molecule has 0 bridgehead atoms. The smallest absolute Gasteiger partial charge is 0.253 e. The van der Waals surface area contributed by atoms with Crippen LogP contribution in [0.25, 0.3) is 10.9 Å². The van der Waals surface area contributed by atoms with E-state index in [1.807, 2.05) is 30.3 Å². The first-order valence-electron chi connectivity index (χ1n) is 7.13. The Morgan fingerprint density at radius 1 is 1.13 bits per heavy atom. The normalized spacial score (nSPS) is 10.5. The highest BCUT2D eigenvalue weighted by molar-refractivity contribution is 5.80. The second-order valence-electron chi connectivity index (χ2n) is 5.02. The number of nitrogens with zero attached hydrogens (tertiary/aromatic N) is 1. The molecular weight excluding hydrogens is 294 g/mol. The molecule has 0 radical (unpaired) electrons. The van der Waals surface area contributed by atoms with Crippen LogP contribution in [0.5, 0.6) is 11.6 Å². The second kappa shape index (κ2) is 6.39. The Morgan fingerprint density at radius 2 is 2.00 bits per heavy atom. The lowest BCUT2D eigenvalue weighted by Gasteiger charge is -2.08. The summed E-state index contributed by atoms with van der Waals surface area (Å²) in [5.41, 5.74) is 2.12. The number of H-pyrrole nitrogens is 1. The highest BCUT2D eigenvalue weighted by atomic mass is 16.5. The fraction of sp³-hybridized carbons (Fsp3) is 0.176. The van der Waals surface area contributed by atoms with Crippen LogP contribution in [0.4, 0.5) is 5.69 Å². The summed E-state index contributed by atoms with van der Waals surface area (Å²) in [6.07, 6.45) is 1.66. The van der Waals surface area contributed by atoms with Crippen molar-refractivity contribution >= 4 is 16.6 Å². The van der Waals surface area contributed by atoms with Crippen LogP contribution < -0.4 is 20.3 Å². The predicted octanol–water partition coefficient (Wildman–Crippen LogP) is 2.55. The van der Waals surface area contributed by atoms with E-state index in [0.717, 1.165) is 22.3 Å². The van der Waals surface area contributed by atoms with Crippen molar-refractivity contribution in [3.8, 4) is 11.6 Å². The molecule has 0 spiro atoms. The summed E-state index contributed by atoms with van der Waals surface area (Å²) >= 11 is 0. The average Bonchev–Trinajstić information content (AvgIpc) is 2.60. The molecule has 0 aliphatic carbocycles. The summed E-state index contributed by atoms with van der Waals surface area (Å²) in [6, 6.07) is 11.0. The lowest BCUT2D eigenvalue weighted by molar-refractivity contribution is 0.398. The number of aromatic nitrogens is 2. The SMILES string of the molecule is COc1ccc2[nH]c(=O)c(CNc3ccc(OC)nc3)cc2c1. The second-order valence-corrected chi connectivity index (χ2v) is 5.02. The molecule has 0 saturated carbocycles. The van der Waals surface area contributed by atoms with Gasteiger partial charge in [0.2, 0.25) is 5.88 Å². The molecule has 3 aromatic rings. The maximum absolute atomic E-state index is 12.1. The predicted molar refractivity (Wildman–Crippen MR) is 89.2 cm³/mol. The first kappa shape index (κ1) is 14.9. The fourth-order valence-electron chi connectivity index (χ4n) is 2.29. The van der Waals surface area contributed by atoms with Crippen LogP contribution in [0.3, 0.4) is 0 Å². The molecule has 2 heterocycles. The summed E-state index contributed by atoms with van der Waals surface area (Å²) in [6.45, 7) is 0.399. The van der Waals surface area contributed by atoms with Gasteiger partial charge in [0.05, 0.1) is 26.1 Å². The number of benzene rings is 1. The summed E-state index contributed by atoms with van der Waals surface area (Å²) in [4.78, 5) is 19.1. The third-order valence-corrected chi connectivity index (χ3v) is 3.56. The van der Waals surface area contributed by atoms with Gasteiger partial charge >= 0.3 is 0 Å². The lowest BCUT2D eigenvalue weighted by atomic mass is 10.1. The summed E-state index contributed by atoms with van der Waals surface area (Å²) in [5.74, 6) is 1.30. The molecule has 0 atom stereocenters. The zero-order chi connectivity index (χ0) is 16.2. The van der Waals surface area contributed by atoms with Crippen LogP contribution >= 0.6 is 0 Å². The molecule has 0 amide bonds. The Morgan fingerprint density at radius 3 is 2.70 bits per heavy atom. The number of hydrogen-bond donors (Lipinski definition) is 2. The van der Waals surface area contributed by atoms with Gasteiger partial charge in [0, 0.05) is 29.1 Å². The highest BCUT2D eigenvalue weighted by Crippen LogP contribution is 2.19. The minimum absolute atomic E-state index is 0.114. The van der Waals surface area contributed by atoms with Gasteiger partial charge in [0.1, 0.15) is 5.75 Å². The minimum Gasteiger partial charge on any atom is -0.497 e. The van der Waals surface area contributed by atoms with E-state index < -0.39 is 0 Å². The summed E-state index contributed by atoms with van der Waals surface area (Å²) in [5, 5.41) is 4.10. The van der Waals surface area contributed by atoms with E-state index in [2.05, 4.69) is 15.3 Å². The van der Waals surface area contributed by atoms with Crippen LogP contribution in [-0.4, -0.2) is 24.2 Å². The van der Waals surface area contributed by atoms with Crippen LogP contribution in [0.2, 0.25) is 0 Å². The minimum atomic E-state index is -0.114. The van der Waals surface area contributed by atoms with Crippen molar-refractivity contribution in [1.29, 1.82) is 0 Å². The Balaban J connectivity index is 1.83. The van der Waals surface area contributed by atoms with Crippen molar-refractivity contribution in [3.63, 3.8) is 0 Å². The number of pyridine rings is 2. The van der Waals surface area contributed by atoms with E-state index in [-0.39, 0.29) is 5.56 Å².